The number of fused-ring (bicyclic) bond motifs is 1. The number of carbonyl (C=O) groups is 1. The Morgan fingerprint density at radius 3 is 2.13 bits per heavy atom. The van der Waals surface area contributed by atoms with Crippen molar-refractivity contribution in [2.75, 3.05) is 0 Å². The number of aryl methyl sites for hydroxylation is 1. The number of benzene rings is 3. The van der Waals surface area contributed by atoms with E-state index in [0.29, 0.717) is 32.7 Å². The number of hydrogen-bond donors (Lipinski definition) is 1. The fourth-order valence-electron chi connectivity index (χ4n) is 3.65. The number of primary amides is 1. The summed E-state index contributed by atoms with van der Waals surface area (Å²) in [5.74, 6) is -0.588. The lowest BCUT2D eigenvalue weighted by atomic mass is 10.0. The Labute approximate surface area is 186 Å². The number of nitrogens with two attached hydrogens (primary N) is 1. The topological polar surface area (TPSA) is 65.1 Å². The fourth-order valence-corrected chi connectivity index (χ4v) is 3.91. The lowest BCUT2D eigenvalue weighted by molar-refractivity contribution is 0.100. The van der Waals surface area contributed by atoms with Crippen molar-refractivity contribution < 1.29 is 4.79 Å². The first kappa shape index (κ1) is 22.3. The van der Waals surface area contributed by atoms with Gasteiger partial charge in [-0.2, -0.15) is 0 Å². The van der Waals surface area contributed by atoms with Crippen LogP contribution in [0.1, 0.15) is 35.0 Å². The zero-order chi connectivity index (χ0) is 22.4. The normalized spacial score (nSPS) is 10.4. The smallest absolute Gasteiger partial charge is 0.264 e. The molecule has 0 aliphatic carbocycles. The molecule has 1 amide bonds. The molecule has 0 spiro atoms. The minimum atomic E-state index is -0.588. The Bertz CT molecular complexity index is 1250. The molecule has 0 saturated carbocycles. The van der Waals surface area contributed by atoms with Crippen molar-refractivity contribution >= 4 is 28.3 Å². The highest BCUT2D eigenvalue weighted by Crippen LogP contribution is 2.26. The highest BCUT2D eigenvalue weighted by atomic mass is 35.5. The number of aromatic nitrogens is 1. The van der Waals surface area contributed by atoms with Crippen LogP contribution in [0.25, 0.3) is 16.5 Å². The summed E-state index contributed by atoms with van der Waals surface area (Å²) in [7, 11) is 0. The summed E-state index contributed by atoms with van der Waals surface area (Å²) < 4.78 is 1.47. The molecular weight excluding hydrogens is 408 g/mol. The second-order valence-corrected chi connectivity index (χ2v) is 7.61. The van der Waals surface area contributed by atoms with Crippen LogP contribution < -0.4 is 11.3 Å². The maximum atomic E-state index is 12.9. The van der Waals surface area contributed by atoms with Crippen LogP contribution in [-0.2, 0) is 6.42 Å². The second kappa shape index (κ2) is 10.1. The van der Waals surface area contributed by atoms with Gasteiger partial charge in [0.1, 0.15) is 0 Å². The summed E-state index contributed by atoms with van der Waals surface area (Å²) in [4.78, 5) is 24.8. The van der Waals surface area contributed by atoms with Crippen molar-refractivity contribution in [2.45, 2.75) is 26.7 Å². The number of carbonyl (C=O) groups excluding carboxylic acids is 1. The molecule has 0 fully saturated rings. The van der Waals surface area contributed by atoms with Crippen LogP contribution in [0.5, 0.6) is 0 Å². The molecule has 0 atom stereocenters. The summed E-state index contributed by atoms with van der Waals surface area (Å²) in [6.07, 6.45) is 2.45. The van der Waals surface area contributed by atoms with Crippen LogP contribution in [0.3, 0.4) is 0 Å². The van der Waals surface area contributed by atoms with Crippen LogP contribution in [0.4, 0.5) is 0 Å². The number of hydrogen-bond acceptors (Lipinski definition) is 2. The van der Waals surface area contributed by atoms with Crippen molar-refractivity contribution in [3.05, 3.63) is 111 Å². The molecule has 1 aromatic heterocycles. The zero-order valence-corrected chi connectivity index (χ0v) is 18.4. The third-order valence-electron chi connectivity index (χ3n) is 5.04. The molecule has 31 heavy (non-hydrogen) atoms. The summed E-state index contributed by atoms with van der Waals surface area (Å²) in [6, 6.07) is 24.7. The van der Waals surface area contributed by atoms with Gasteiger partial charge in [-0.1, -0.05) is 85.6 Å². The molecule has 2 N–H and O–H groups in total. The van der Waals surface area contributed by atoms with E-state index in [1.54, 1.807) is 37.3 Å². The van der Waals surface area contributed by atoms with Gasteiger partial charge in [-0.05, 0) is 37.1 Å². The van der Waals surface area contributed by atoms with Crippen molar-refractivity contribution in [3.8, 4) is 5.69 Å². The third kappa shape index (κ3) is 4.86. The minimum Gasteiger partial charge on any atom is -0.366 e. The predicted molar refractivity (Wildman–Crippen MR) is 128 cm³/mol. The molecule has 4 rings (SSSR count). The Morgan fingerprint density at radius 1 is 0.935 bits per heavy atom. The molecule has 1 heterocycles. The van der Waals surface area contributed by atoms with Crippen LogP contribution in [0, 0.1) is 6.92 Å². The SMILES string of the molecule is CCCc1ccccc1.Cc1c(C(N)=O)c2cccc(Cl)c2c(=O)n1-c1ccccc1. The fraction of sp³-hybridized carbons (Fsp3) is 0.154. The average molecular weight is 433 g/mol. The molecule has 158 valence electrons. The first-order valence-corrected chi connectivity index (χ1v) is 10.6. The van der Waals surface area contributed by atoms with E-state index in [4.69, 9.17) is 17.3 Å². The van der Waals surface area contributed by atoms with E-state index >= 15 is 0 Å². The van der Waals surface area contributed by atoms with Gasteiger partial charge in [-0.3, -0.25) is 14.2 Å². The Hall–Kier alpha value is -3.37. The van der Waals surface area contributed by atoms with Crippen LogP contribution in [0.15, 0.2) is 83.7 Å². The molecule has 0 saturated heterocycles. The monoisotopic (exact) mass is 432 g/mol. The minimum absolute atomic E-state index is 0.269. The molecule has 0 aliphatic rings. The van der Waals surface area contributed by atoms with Crippen LogP contribution in [0.2, 0.25) is 5.02 Å². The number of halogens is 1. The van der Waals surface area contributed by atoms with E-state index in [0.717, 1.165) is 0 Å². The van der Waals surface area contributed by atoms with Crippen molar-refractivity contribution in [1.29, 1.82) is 0 Å². The third-order valence-corrected chi connectivity index (χ3v) is 5.35. The number of pyridine rings is 1. The van der Waals surface area contributed by atoms with Crippen molar-refractivity contribution in [2.24, 2.45) is 5.73 Å². The summed E-state index contributed by atoms with van der Waals surface area (Å²) >= 11 is 6.19. The number of rotatable bonds is 4. The molecule has 0 unspecified atom stereocenters. The maximum Gasteiger partial charge on any atom is 0.264 e. The first-order chi connectivity index (χ1) is 15.0. The van der Waals surface area contributed by atoms with Gasteiger partial charge in [0.05, 0.1) is 16.0 Å². The van der Waals surface area contributed by atoms with E-state index in [2.05, 4.69) is 37.3 Å². The molecule has 3 aromatic carbocycles. The molecular formula is C26H25ClN2O2. The van der Waals surface area contributed by atoms with Gasteiger partial charge in [0, 0.05) is 16.8 Å². The summed E-state index contributed by atoms with van der Waals surface area (Å²) in [6.45, 7) is 3.90. The number of amides is 1. The molecule has 0 radical (unpaired) electrons. The molecule has 0 aliphatic heterocycles. The summed E-state index contributed by atoms with van der Waals surface area (Å²) in [5, 5.41) is 1.08. The predicted octanol–water partition coefficient (Wildman–Crippen LogP) is 5.69. The lowest BCUT2D eigenvalue weighted by Gasteiger charge is -2.16. The van der Waals surface area contributed by atoms with Crippen LogP contribution >= 0.6 is 11.6 Å². The Morgan fingerprint density at radius 2 is 1.55 bits per heavy atom. The van der Waals surface area contributed by atoms with Gasteiger partial charge in [0.2, 0.25) is 0 Å². The van der Waals surface area contributed by atoms with E-state index in [-0.39, 0.29) is 5.56 Å². The van der Waals surface area contributed by atoms with Gasteiger partial charge >= 0.3 is 0 Å². The maximum absolute atomic E-state index is 12.9. The number of nitrogens with zero attached hydrogens (tertiary/aromatic N) is 1. The largest absolute Gasteiger partial charge is 0.366 e. The average Bonchev–Trinajstić information content (AvgIpc) is 2.76. The van der Waals surface area contributed by atoms with Gasteiger partial charge in [-0.25, -0.2) is 0 Å². The lowest BCUT2D eigenvalue weighted by Crippen LogP contribution is -2.26. The molecule has 5 heteroatoms. The summed E-state index contributed by atoms with van der Waals surface area (Å²) in [5.41, 5.74) is 8.17. The van der Waals surface area contributed by atoms with E-state index in [1.807, 2.05) is 18.2 Å². The first-order valence-electron chi connectivity index (χ1n) is 10.2. The highest BCUT2D eigenvalue weighted by Gasteiger charge is 2.19. The Kier molecular flexibility index (Phi) is 7.27. The molecule has 4 nitrogen and oxygen atoms in total. The molecule has 0 bridgehead atoms. The standard InChI is InChI=1S/C17H13ClN2O2.C9H12/c1-10-14(16(19)21)12-8-5-9-13(18)15(12)17(22)20(10)11-6-3-2-4-7-11;1-2-6-9-7-4-3-5-8-9/h2-9H,1H3,(H2,19,21);3-5,7-8H,2,6H2,1H3. The Balaban J connectivity index is 0.000000254. The van der Waals surface area contributed by atoms with E-state index in [9.17, 15) is 9.59 Å². The number of para-hydroxylation sites is 1. The van der Waals surface area contributed by atoms with E-state index < -0.39 is 5.91 Å². The molecule has 4 aromatic rings. The highest BCUT2D eigenvalue weighted by molar-refractivity contribution is 6.36. The van der Waals surface area contributed by atoms with Gasteiger partial charge in [0.15, 0.2) is 0 Å². The van der Waals surface area contributed by atoms with Gasteiger partial charge < -0.3 is 5.73 Å². The van der Waals surface area contributed by atoms with Gasteiger partial charge in [0.25, 0.3) is 11.5 Å². The van der Waals surface area contributed by atoms with E-state index in [1.165, 1.54) is 23.0 Å². The van der Waals surface area contributed by atoms with Crippen LogP contribution in [-0.4, -0.2) is 10.5 Å². The zero-order valence-electron chi connectivity index (χ0n) is 17.6. The van der Waals surface area contributed by atoms with Crippen molar-refractivity contribution in [1.82, 2.24) is 4.57 Å². The second-order valence-electron chi connectivity index (χ2n) is 7.20. The quantitative estimate of drug-likeness (QED) is 0.450. The van der Waals surface area contributed by atoms with Gasteiger partial charge in [-0.15, -0.1) is 0 Å². The van der Waals surface area contributed by atoms with Crippen molar-refractivity contribution in [3.63, 3.8) is 0 Å².